The summed E-state index contributed by atoms with van der Waals surface area (Å²) in [7, 11) is 3.79. The minimum Gasteiger partial charge on any atom is -0.444 e. The molecule has 0 atom stereocenters. The van der Waals surface area contributed by atoms with E-state index in [1.54, 1.807) is 93.8 Å². The Hall–Kier alpha value is -9.61. The number of halogens is 7. The fourth-order valence-corrected chi connectivity index (χ4v) is 13.0. The number of hydrazine groups is 1. The second-order valence-electron chi connectivity index (χ2n) is 32.1. The molecule has 14 rings (SSSR count). The van der Waals surface area contributed by atoms with Gasteiger partial charge in [0.2, 0.25) is 0 Å². The molecule has 9 heterocycles. The number of benzene rings is 5. The highest BCUT2D eigenvalue weighted by atomic mass is 35.5. The normalized spacial score (nSPS) is 14.3. The van der Waals surface area contributed by atoms with Crippen LogP contribution in [0.3, 0.4) is 0 Å². The highest BCUT2D eigenvalue weighted by molar-refractivity contribution is 5.90. The number of ketones is 1. The van der Waals surface area contributed by atoms with Crippen LogP contribution in [-0.4, -0.2) is 137 Å². The largest absolute Gasteiger partial charge is 0.519 e. The molecule has 0 spiro atoms. The van der Waals surface area contributed by atoms with Gasteiger partial charge >= 0.3 is 30.6 Å². The van der Waals surface area contributed by atoms with Gasteiger partial charge in [-0.15, -0.1) is 24.8 Å². The average molecular weight is 1620 g/mol. The number of para-hydroxylation sites is 5. The van der Waals surface area contributed by atoms with E-state index in [-0.39, 0.29) is 91.9 Å². The predicted octanol–water partition coefficient (Wildman–Crippen LogP) is 18.2. The third-order valence-corrected chi connectivity index (χ3v) is 17.6. The van der Waals surface area contributed by atoms with Crippen LogP contribution in [0.5, 0.6) is 0 Å². The minimum absolute atomic E-state index is 0. The van der Waals surface area contributed by atoms with Gasteiger partial charge < -0.3 is 78.3 Å². The van der Waals surface area contributed by atoms with E-state index in [1.807, 2.05) is 110 Å². The Bertz CT molecular complexity index is 4750. The first-order valence-electron chi connectivity index (χ1n) is 36.8. The van der Waals surface area contributed by atoms with E-state index in [1.165, 1.54) is 52.1 Å². The SMILES string of the molecule is C.CC(C)(C)OC(=O)N1CCCC(=O)C1.CC(C)(C)OC(=O)N1CCc2c([nH]c3c(F)cccc23)C1.CC(C)(C)OC(=O)OC(=O)OC(C)(C)C.Cl.Cl.Cn1c2c(c3cccc(F)c31)CCN(C(=O)OC(C)(C)C)C2.Cn1c2c(c3cccc(F)c31)CCNC2.Fc1cccc2c3c([nH]c12)CNCC3.NNc1ccccc1F. The van der Waals surface area contributed by atoms with Gasteiger partial charge in [-0.3, -0.25) is 10.6 Å². The number of anilines is 1. The molecule has 7 N–H and O–H groups in total. The summed E-state index contributed by atoms with van der Waals surface area (Å²) in [5, 5.41) is 10.6. The first kappa shape index (κ1) is 94.0. The lowest BCUT2D eigenvalue weighted by Crippen LogP contribution is -2.43. The molecule has 5 aromatic carbocycles. The number of ether oxygens (including phenoxy) is 6. The summed E-state index contributed by atoms with van der Waals surface area (Å²) in [6.07, 6.45) is 1.59. The molecule has 1 saturated heterocycles. The van der Waals surface area contributed by atoms with Gasteiger partial charge in [0.25, 0.3) is 0 Å². The van der Waals surface area contributed by atoms with Crippen molar-refractivity contribution in [3.8, 4) is 0 Å². The number of nitrogens with one attached hydrogen (secondary N) is 5. The average Bonchev–Trinajstić information content (AvgIpc) is 1.63. The number of fused-ring (bicyclic) bond motifs is 12. The van der Waals surface area contributed by atoms with Crippen LogP contribution in [0.4, 0.5) is 51.6 Å². The van der Waals surface area contributed by atoms with E-state index in [4.69, 9.17) is 29.5 Å². The smallest absolute Gasteiger partial charge is 0.444 e. The second kappa shape index (κ2) is 39.9. The van der Waals surface area contributed by atoms with Gasteiger partial charge in [0.1, 0.15) is 57.1 Å². The highest BCUT2D eigenvalue weighted by Crippen LogP contribution is 2.35. The number of aryl methyl sites for hydroxylation is 2. The van der Waals surface area contributed by atoms with Crippen molar-refractivity contribution in [1.82, 2.24) is 44.4 Å². The summed E-state index contributed by atoms with van der Waals surface area (Å²) in [4.78, 5) is 80.0. The zero-order valence-corrected chi connectivity index (χ0v) is 68.6. The van der Waals surface area contributed by atoms with Crippen LogP contribution in [-0.2, 0) is 99.2 Å². The number of carbonyl (C=O) groups is 6. The van der Waals surface area contributed by atoms with E-state index in [0.717, 1.165) is 107 Å². The third kappa shape index (κ3) is 26.2. The number of aromatic amines is 2. The highest BCUT2D eigenvalue weighted by Gasteiger charge is 2.33. The summed E-state index contributed by atoms with van der Waals surface area (Å²) < 4.78 is 101. The van der Waals surface area contributed by atoms with E-state index in [9.17, 15) is 50.7 Å². The molecule has 0 radical (unpaired) electrons. The van der Waals surface area contributed by atoms with E-state index in [0.29, 0.717) is 67.8 Å². The molecule has 30 heteroatoms. The molecule has 9 aromatic rings. The van der Waals surface area contributed by atoms with E-state index in [2.05, 4.69) is 30.8 Å². The molecule has 0 bridgehead atoms. The number of nitrogens with zero attached hydrogens (tertiary/aromatic N) is 5. The molecule has 4 aromatic heterocycles. The van der Waals surface area contributed by atoms with Gasteiger partial charge in [-0.1, -0.05) is 68.1 Å². The quantitative estimate of drug-likeness (QED) is 0.0223. The summed E-state index contributed by atoms with van der Waals surface area (Å²) in [5.41, 5.74) is 11.2. The van der Waals surface area contributed by atoms with Gasteiger partial charge in [-0.2, -0.15) is 0 Å². The van der Waals surface area contributed by atoms with Crippen LogP contribution in [0.25, 0.3) is 43.6 Å². The number of likely N-dealkylation sites (tertiary alicyclic amines) is 1. The number of amides is 3. The summed E-state index contributed by atoms with van der Waals surface area (Å²) >= 11 is 0. The number of hydrogen-bond acceptors (Lipinski definition) is 16. The molecule has 5 aliphatic rings. The van der Waals surface area contributed by atoms with Gasteiger partial charge in [-0.05, 0) is 208 Å². The third-order valence-electron chi connectivity index (χ3n) is 17.6. The molecule has 5 aliphatic heterocycles. The summed E-state index contributed by atoms with van der Waals surface area (Å²) in [6, 6.07) is 27.0. The first-order chi connectivity index (χ1) is 51.5. The predicted molar refractivity (Wildman–Crippen MR) is 435 cm³/mol. The maximum atomic E-state index is 14.1. The number of nitrogens with two attached hydrogens (primary N) is 1. The Morgan fingerprint density at radius 3 is 1.26 bits per heavy atom. The molecule has 0 saturated carbocycles. The van der Waals surface area contributed by atoms with Crippen LogP contribution in [0.15, 0.2) is 97.1 Å². The number of hydrogen-bond donors (Lipinski definition) is 6. The Morgan fingerprint density at radius 2 is 0.805 bits per heavy atom. The topological polar surface area (TPSA) is 271 Å². The maximum absolute atomic E-state index is 14.1. The number of nitrogen functional groups attached to an aromatic ring is 1. The lowest BCUT2D eigenvalue weighted by Gasteiger charge is -2.30. The van der Waals surface area contributed by atoms with Crippen molar-refractivity contribution in [1.29, 1.82) is 0 Å². The van der Waals surface area contributed by atoms with Gasteiger partial charge in [0.15, 0.2) is 5.78 Å². The minimum atomic E-state index is -1.06. The molecule has 620 valence electrons. The van der Waals surface area contributed by atoms with Gasteiger partial charge in [-0.25, -0.2) is 45.9 Å². The number of aromatic nitrogens is 4. The van der Waals surface area contributed by atoms with E-state index < -0.39 is 40.3 Å². The second-order valence-corrected chi connectivity index (χ2v) is 32.1. The fourth-order valence-electron chi connectivity index (χ4n) is 13.0. The molecule has 3 amide bonds. The van der Waals surface area contributed by atoms with Crippen molar-refractivity contribution in [2.45, 2.75) is 204 Å². The monoisotopic (exact) mass is 1620 g/mol. The molecule has 23 nitrogen and oxygen atoms in total. The van der Waals surface area contributed by atoms with Crippen molar-refractivity contribution in [2.24, 2.45) is 19.9 Å². The zero-order chi connectivity index (χ0) is 81.0. The maximum Gasteiger partial charge on any atom is 0.519 e. The molecule has 0 aliphatic carbocycles. The lowest BCUT2D eigenvalue weighted by atomic mass is 10.0. The van der Waals surface area contributed by atoms with Crippen LogP contribution in [0.2, 0.25) is 0 Å². The van der Waals surface area contributed by atoms with Crippen molar-refractivity contribution in [2.75, 3.05) is 44.7 Å². The van der Waals surface area contributed by atoms with Crippen molar-refractivity contribution < 1.29 is 79.1 Å². The summed E-state index contributed by atoms with van der Waals surface area (Å²) in [5.74, 6) is 3.98. The van der Waals surface area contributed by atoms with Crippen molar-refractivity contribution in [3.63, 3.8) is 0 Å². The van der Waals surface area contributed by atoms with Crippen LogP contribution in [0, 0.1) is 29.1 Å². The van der Waals surface area contributed by atoms with Gasteiger partial charge in [0, 0.05) is 97.6 Å². The Labute approximate surface area is 670 Å². The Kier molecular flexibility index (Phi) is 33.2. The van der Waals surface area contributed by atoms with E-state index >= 15 is 0 Å². The Morgan fingerprint density at radius 1 is 0.425 bits per heavy atom. The fraction of sp³-hybridized carbons (Fsp3) is 0.470. The first-order valence-corrected chi connectivity index (χ1v) is 36.8. The number of carbonyl (C=O) groups excluding carboxylic acids is 6. The lowest BCUT2D eigenvalue weighted by molar-refractivity contribution is -0.122. The standard InChI is InChI=1S/C17H21FN2O2.C16H19FN2O2.C12H13FN2.C11H11FN2.C10H17NO3.C10H18O5.C6H7FN2.CH4.2ClH/c1-17(2,3)22-16(21)20-9-8-11-12-6-5-7-13(18)15(12)19(4)14(11)10-20;1-16(2,3)21-15(20)19-8-7-10-11-5-4-6-12(17)14(11)18-13(10)9-19;1-15-11-7-14-6-5-8(11)9-3-2-4-10(13)12(9)15;12-9-3-1-2-8-7-4-5-13-6-10(7)14-11(8)9;1-10(2,3)14-9(13)11-6-4-5-8(12)7-11;1-9(2,3)14-7(11)13-8(12)15-10(4,5)6;7-5-3-1-2-4-6(5)9-8;;;/h5-7H,8-10H2,1-4H3;4-6,18H,7-9H2,1-3H3;2-4,14H,5-7H2,1H3;1-3,13-14H,4-6H2;4-7H2,1-3H3;1-6H3;1-4,9H,8H2;1H4;2*1H. The van der Waals surface area contributed by atoms with Gasteiger partial charge in [0.05, 0.1) is 47.4 Å². The number of rotatable bonds is 1. The molecular weight excluding hydrogens is 1510 g/mol. The molecule has 113 heavy (non-hydrogen) atoms. The summed E-state index contributed by atoms with van der Waals surface area (Å²) in [6.45, 7) is 33.1. The van der Waals surface area contributed by atoms with Crippen LogP contribution >= 0.6 is 24.8 Å². The van der Waals surface area contributed by atoms with Crippen LogP contribution in [0.1, 0.15) is 169 Å². The number of piperidine rings is 1. The number of Topliss-reactive ketones (excluding diaryl/α,β-unsaturated/α-hetero) is 1. The van der Waals surface area contributed by atoms with Crippen LogP contribution < -0.4 is 21.9 Å². The molecular formula is C83H112Cl2F5N11O12. The molecule has 1 fully saturated rings. The number of H-pyrrole nitrogens is 2. The Balaban J connectivity index is 0.000000238. The molecule has 0 unspecified atom stereocenters. The van der Waals surface area contributed by atoms with Crippen molar-refractivity contribution in [3.05, 3.63) is 171 Å². The van der Waals surface area contributed by atoms with Crippen molar-refractivity contribution >= 4 is 110 Å². The zero-order valence-electron chi connectivity index (χ0n) is 67.0.